The van der Waals surface area contributed by atoms with Gasteiger partial charge in [0.1, 0.15) is 11.3 Å². The summed E-state index contributed by atoms with van der Waals surface area (Å²) in [5.41, 5.74) is 0.194. The van der Waals surface area contributed by atoms with Crippen molar-refractivity contribution in [1.82, 2.24) is 24.7 Å². The lowest BCUT2D eigenvalue weighted by Crippen LogP contribution is -2.45. The minimum Gasteiger partial charge on any atom is -0.355 e. The van der Waals surface area contributed by atoms with Gasteiger partial charge in [0.25, 0.3) is 0 Å². The number of hydrogen-bond acceptors (Lipinski definition) is 6. The molecule has 30 heavy (non-hydrogen) atoms. The molecule has 2 N–H and O–H groups in total. The van der Waals surface area contributed by atoms with Gasteiger partial charge in [-0.3, -0.25) is 0 Å². The average Bonchev–Trinajstić information content (AvgIpc) is 3.16. The highest BCUT2D eigenvalue weighted by Gasteiger charge is 2.37. The van der Waals surface area contributed by atoms with E-state index < -0.39 is 33.9 Å². The smallest absolute Gasteiger partial charge is 0.355 e. The zero-order valence-corrected chi connectivity index (χ0v) is 16.1. The van der Waals surface area contributed by atoms with Gasteiger partial charge >= 0.3 is 6.18 Å². The van der Waals surface area contributed by atoms with Crippen molar-refractivity contribution < 1.29 is 26.0 Å². The SMILES string of the molecule is O=S(=O)(NC1CCN(c2nc(C(F)(F)F)nc3nc[nH]c23)CC1)c1ccc(F)cc1. The Morgan fingerprint density at radius 2 is 1.77 bits per heavy atom. The van der Waals surface area contributed by atoms with Crippen LogP contribution in [-0.2, 0) is 16.2 Å². The van der Waals surface area contributed by atoms with E-state index in [0.717, 1.165) is 12.1 Å². The minimum atomic E-state index is -4.72. The lowest BCUT2D eigenvalue weighted by molar-refractivity contribution is -0.144. The highest BCUT2D eigenvalue weighted by molar-refractivity contribution is 7.89. The molecule has 0 aliphatic carbocycles. The van der Waals surface area contributed by atoms with Crippen molar-refractivity contribution >= 4 is 27.0 Å². The van der Waals surface area contributed by atoms with Crippen LogP contribution in [0.3, 0.4) is 0 Å². The lowest BCUT2D eigenvalue weighted by atomic mass is 10.1. The van der Waals surface area contributed by atoms with Gasteiger partial charge in [0.2, 0.25) is 15.8 Å². The van der Waals surface area contributed by atoms with Gasteiger partial charge in [0.15, 0.2) is 11.5 Å². The number of aromatic amines is 1. The maximum absolute atomic E-state index is 13.1. The Morgan fingerprint density at radius 1 is 1.10 bits per heavy atom. The summed E-state index contributed by atoms with van der Waals surface area (Å²) in [5.74, 6) is -1.75. The molecule has 1 aliphatic heterocycles. The predicted octanol–water partition coefficient (Wildman–Crippen LogP) is 2.46. The van der Waals surface area contributed by atoms with Gasteiger partial charge in [-0.1, -0.05) is 0 Å². The van der Waals surface area contributed by atoms with E-state index in [1.165, 1.54) is 18.5 Å². The van der Waals surface area contributed by atoms with Crippen LogP contribution < -0.4 is 9.62 Å². The number of imidazole rings is 1. The van der Waals surface area contributed by atoms with Crippen molar-refractivity contribution in [1.29, 1.82) is 0 Å². The van der Waals surface area contributed by atoms with E-state index in [9.17, 15) is 26.0 Å². The van der Waals surface area contributed by atoms with Gasteiger partial charge in [-0.25, -0.2) is 32.5 Å². The number of benzene rings is 1. The molecule has 2 aromatic heterocycles. The number of rotatable bonds is 4. The predicted molar refractivity (Wildman–Crippen MR) is 98.6 cm³/mol. The molecule has 0 spiro atoms. The second kappa shape index (κ2) is 7.47. The number of nitrogens with zero attached hydrogens (tertiary/aromatic N) is 4. The number of fused-ring (bicyclic) bond motifs is 1. The third-order valence-corrected chi connectivity index (χ3v) is 6.30. The Labute approximate surface area is 168 Å². The van der Waals surface area contributed by atoms with Gasteiger partial charge in [-0.05, 0) is 37.1 Å². The fraction of sp³-hybridized carbons (Fsp3) is 0.353. The first-order valence-corrected chi connectivity index (χ1v) is 10.4. The summed E-state index contributed by atoms with van der Waals surface area (Å²) in [6.45, 7) is 0.554. The van der Waals surface area contributed by atoms with Gasteiger partial charge < -0.3 is 9.88 Å². The third kappa shape index (κ3) is 4.07. The van der Waals surface area contributed by atoms with Crippen molar-refractivity contribution in [2.45, 2.75) is 30.0 Å². The standard InChI is InChI=1S/C17H16F4N6O2S/c18-10-1-3-12(4-2-10)30(28,29)26-11-5-7-27(8-6-11)15-13-14(23-9-22-13)24-16(25-15)17(19,20)21/h1-4,9,11,26H,5-8H2,(H,22,23,24,25). The number of nitrogens with one attached hydrogen (secondary N) is 2. The summed E-state index contributed by atoms with van der Waals surface area (Å²) in [6.07, 6.45) is -2.78. The molecule has 0 radical (unpaired) electrons. The van der Waals surface area contributed by atoms with Gasteiger partial charge in [-0.15, -0.1) is 0 Å². The summed E-state index contributed by atoms with van der Waals surface area (Å²) in [6, 6.07) is 4.03. The molecule has 4 rings (SSSR count). The number of sulfonamides is 1. The zero-order valence-electron chi connectivity index (χ0n) is 15.3. The van der Waals surface area contributed by atoms with Gasteiger partial charge in [-0.2, -0.15) is 13.2 Å². The van der Waals surface area contributed by atoms with Gasteiger partial charge in [0, 0.05) is 19.1 Å². The van der Waals surface area contributed by atoms with Crippen molar-refractivity contribution in [2.75, 3.05) is 18.0 Å². The summed E-state index contributed by atoms with van der Waals surface area (Å²) >= 11 is 0. The molecular formula is C17H16F4N6O2S. The highest BCUT2D eigenvalue weighted by atomic mass is 32.2. The second-order valence-corrected chi connectivity index (χ2v) is 8.52. The van der Waals surface area contributed by atoms with Crippen LogP contribution in [0.15, 0.2) is 35.5 Å². The molecule has 3 aromatic rings. The molecule has 1 aromatic carbocycles. The Hall–Kier alpha value is -2.80. The maximum atomic E-state index is 13.1. The molecular weight excluding hydrogens is 428 g/mol. The molecule has 3 heterocycles. The molecule has 1 fully saturated rings. The molecule has 8 nitrogen and oxygen atoms in total. The molecule has 160 valence electrons. The van der Waals surface area contributed by atoms with Crippen molar-refractivity contribution in [3.8, 4) is 0 Å². The van der Waals surface area contributed by atoms with Crippen LogP contribution in [0.5, 0.6) is 0 Å². The van der Waals surface area contributed by atoms with Crippen LogP contribution in [0.2, 0.25) is 0 Å². The molecule has 1 saturated heterocycles. The Kier molecular flexibility index (Phi) is 5.10. The Bertz CT molecular complexity index is 1160. The second-order valence-electron chi connectivity index (χ2n) is 6.81. The summed E-state index contributed by atoms with van der Waals surface area (Å²) < 4.78 is 79.8. The van der Waals surface area contributed by atoms with Crippen LogP contribution in [0, 0.1) is 5.82 Å². The molecule has 0 bridgehead atoms. The summed E-state index contributed by atoms with van der Waals surface area (Å²) in [5, 5.41) is 0. The van der Waals surface area contributed by atoms with E-state index >= 15 is 0 Å². The Balaban J connectivity index is 1.50. The highest BCUT2D eigenvalue weighted by Crippen LogP contribution is 2.31. The molecule has 0 atom stereocenters. The normalized spacial score (nSPS) is 16.3. The number of H-pyrrole nitrogens is 1. The van der Waals surface area contributed by atoms with Crippen LogP contribution in [-0.4, -0.2) is 47.5 Å². The zero-order chi connectivity index (χ0) is 21.5. The monoisotopic (exact) mass is 444 g/mol. The number of hydrogen-bond donors (Lipinski definition) is 2. The molecule has 0 unspecified atom stereocenters. The molecule has 1 aliphatic rings. The lowest BCUT2D eigenvalue weighted by Gasteiger charge is -2.33. The Morgan fingerprint density at radius 3 is 2.40 bits per heavy atom. The number of halogens is 4. The van der Waals surface area contributed by atoms with E-state index in [2.05, 4.69) is 24.7 Å². The molecule has 13 heteroatoms. The third-order valence-electron chi connectivity index (χ3n) is 4.76. The minimum absolute atomic E-state index is 0.0592. The fourth-order valence-corrected chi connectivity index (χ4v) is 4.59. The maximum Gasteiger partial charge on any atom is 0.451 e. The summed E-state index contributed by atoms with van der Waals surface area (Å²) in [7, 11) is -3.84. The number of piperidine rings is 1. The van der Waals surface area contributed by atoms with E-state index in [-0.39, 0.29) is 35.0 Å². The van der Waals surface area contributed by atoms with E-state index in [0.29, 0.717) is 12.8 Å². The van der Waals surface area contributed by atoms with Crippen molar-refractivity contribution in [3.63, 3.8) is 0 Å². The molecule has 0 amide bonds. The number of anilines is 1. The first kappa shape index (κ1) is 20.5. The van der Waals surface area contributed by atoms with Crippen LogP contribution in [0.4, 0.5) is 23.4 Å². The number of alkyl halides is 3. The van der Waals surface area contributed by atoms with E-state index in [1.807, 2.05) is 0 Å². The fourth-order valence-electron chi connectivity index (χ4n) is 3.28. The quantitative estimate of drug-likeness (QED) is 0.600. The van der Waals surface area contributed by atoms with E-state index in [4.69, 9.17) is 0 Å². The largest absolute Gasteiger partial charge is 0.451 e. The van der Waals surface area contributed by atoms with Crippen LogP contribution in [0.1, 0.15) is 18.7 Å². The van der Waals surface area contributed by atoms with Crippen molar-refractivity contribution in [2.24, 2.45) is 0 Å². The van der Waals surface area contributed by atoms with Crippen LogP contribution >= 0.6 is 0 Å². The average molecular weight is 444 g/mol. The van der Waals surface area contributed by atoms with Crippen LogP contribution in [0.25, 0.3) is 11.2 Å². The van der Waals surface area contributed by atoms with E-state index in [1.54, 1.807) is 4.90 Å². The molecule has 0 saturated carbocycles. The topological polar surface area (TPSA) is 104 Å². The van der Waals surface area contributed by atoms with Crippen molar-refractivity contribution in [3.05, 3.63) is 42.2 Å². The first-order chi connectivity index (χ1) is 14.1. The number of aromatic nitrogens is 4. The van der Waals surface area contributed by atoms with Gasteiger partial charge in [0.05, 0.1) is 11.2 Å². The summed E-state index contributed by atoms with van der Waals surface area (Å²) in [4.78, 5) is 15.2. The first-order valence-electron chi connectivity index (χ1n) is 8.95.